The first-order valence-corrected chi connectivity index (χ1v) is 8.37. The molecule has 0 radical (unpaired) electrons. The number of hydrogen-bond acceptors (Lipinski definition) is 3. The number of carbonyl (C=O) groups excluding carboxylic acids is 2. The van der Waals surface area contributed by atoms with Gasteiger partial charge in [-0.05, 0) is 30.5 Å². The number of amides is 2. The molecule has 1 aliphatic heterocycles. The van der Waals surface area contributed by atoms with Crippen LogP contribution in [-0.2, 0) is 22.6 Å². The van der Waals surface area contributed by atoms with Crippen LogP contribution in [0.4, 0.5) is 0 Å². The molecule has 3 rings (SSSR count). The number of hydrogen-bond donors (Lipinski definition) is 1. The van der Waals surface area contributed by atoms with Crippen molar-refractivity contribution in [2.75, 3.05) is 6.54 Å². The van der Waals surface area contributed by atoms with Gasteiger partial charge in [-0.15, -0.1) is 0 Å². The molecule has 1 aliphatic rings. The van der Waals surface area contributed by atoms with E-state index < -0.39 is 0 Å². The van der Waals surface area contributed by atoms with Crippen LogP contribution in [0.1, 0.15) is 30.6 Å². The van der Waals surface area contributed by atoms with Crippen LogP contribution in [0.25, 0.3) is 0 Å². The molecule has 126 valence electrons. The number of furan rings is 1. The molecular weight excluding hydrogens is 304 g/mol. The molecule has 1 aromatic carbocycles. The molecule has 0 bridgehead atoms. The molecule has 0 spiro atoms. The second kappa shape index (κ2) is 7.81. The van der Waals surface area contributed by atoms with Gasteiger partial charge in [0.25, 0.3) is 0 Å². The summed E-state index contributed by atoms with van der Waals surface area (Å²) in [6.07, 6.45) is 4.15. The SMILES string of the molecule is O=C(NCc1ccccc1)[C@@H]1CCCN1C(=O)CCc1ccco1. The van der Waals surface area contributed by atoms with E-state index in [2.05, 4.69) is 5.32 Å². The molecule has 2 aromatic rings. The minimum atomic E-state index is -0.349. The Balaban J connectivity index is 1.52. The zero-order valence-corrected chi connectivity index (χ0v) is 13.6. The highest BCUT2D eigenvalue weighted by Gasteiger charge is 2.33. The van der Waals surface area contributed by atoms with E-state index in [9.17, 15) is 9.59 Å². The van der Waals surface area contributed by atoms with Gasteiger partial charge in [0, 0.05) is 25.9 Å². The Labute approximate surface area is 141 Å². The number of likely N-dealkylation sites (tertiary alicyclic amines) is 1. The third kappa shape index (κ3) is 4.04. The van der Waals surface area contributed by atoms with Crippen molar-refractivity contribution >= 4 is 11.8 Å². The highest BCUT2D eigenvalue weighted by Crippen LogP contribution is 2.19. The number of nitrogens with one attached hydrogen (secondary N) is 1. The molecule has 0 saturated carbocycles. The lowest BCUT2D eigenvalue weighted by atomic mass is 10.1. The Morgan fingerprint density at radius 1 is 1.17 bits per heavy atom. The van der Waals surface area contributed by atoms with Crippen molar-refractivity contribution < 1.29 is 14.0 Å². The van der Waals surface area contributed by atoms with Gasteiger partial charge in [0.1, 0.15) is 11.8 Å². The largest absolute Gasteiger partial charge is 0.469 e. The van der Waals surface area contributed by atoms with Gasteiger partial charge in [-0.3, -0.25) is 9.59 Å². The van der Waals surface area contributed by atoms with E-state index in [0.29, 0.717) is 25.9 Å². The zero-order chi connectivity index (χ0) is 16.8. The lowest BCUT2D eigenvalue weighted by molar-refractivity contribution is -0.138. The average molecular weight is 326 g/mol. The van der Waals surface area contributed by atoms with Gasteiger partial charge < -0.3 is 14.6 Å². The molecular formula is C19H22N2O3. The monoisotopic (exact) mass is 326 g/mol. The number of rotatable bonds is 6. The normalized spacial score (nSPS) is 17.0. The first kappa shape index (κ1) is 16.3. The van der Waals surface area contributed by atoms with E-state index in [1.54, 1.807) is 11.2 Å². The lowest BCUT2D eigenvalue weighted by Crippen LogP contribution is -2.45. The van der Waals surface area contributed by atoms with Crippen molar-refractivity contribution in [2.24, 2.45) is 0 Å². The maximum atomic E-state index is 12.4. The lowest BCUT2D eigenvalue weighted by Gasteiger charge is -2.24. The molecule has 1 N–H and O–H groups in total. The summed E-state index contributed by atoms with van der Waals surface area (Å²) in [5.41, 5.74) is 1.06. The van der Waals surface area contributed by atoms with Crippen molar-refractivity contribution in [3.63, 3.8) is 0 Å². The first-order valence-electron chi connectivity index (χ1n) is 8.37. The van der Waals surface area contributed by atoms with E-state index in [1.165, 1.54) is 0 Å². The summed E-state index contributed by atoms with van der Waals surface area (Å²) < 4.78 is 5.26. The summed E-state index contributed by atoms with van der Waals surface area (Å²) in [7, 11) is 0. The van der Waals surface area contributed by atoms with E-state index in [1.807, 2.05) is 42.5 Å². The first-order chi connectivity index (χ1) is 11.7. The van der Waals surface area contributed by atoms with E-state index in [-0.39, 0.29) is 17.9 Å². The van der Waals surface area contributed by atoms with Crippen LogP contribution in [0.3, 0.4) is 0 Å². The van der Waals surface area contributed by atoms with Crippen molar-refractivity contribution in [2.45, 2.75) is 38.3 Å². The number of benzene rings is 1. The summed E-state index contributed by atoms with van der Waals surface area (Å²) in [5.74, 6) is 0.749. The van der Waals surface area contributed by atoms with Crippen LogP contribution < -0.4 is 5.32 Å². The average Bonchev–Trinajstić information content (AvgIpc) is 3.30. The minimum absolute atomic E-state index is 0.0174. The van der Waals surface area contributed by atoms with Crippen molar-refractivity contribution in [3.05, 3.63) is 60.1 Å². The number of nitrogens with zero attached hydrogens (tertiary/aromatic N) is 1. The fraction of sp³-hybridized carbons (Fsp3) is 0.368. The smallest absolute Gasteiger partial charge is 0.243 e. The molecule has 0 unspecified atom stereocenters. The van der Waals surface area contributed by atoms with Crippen LogP contribution in [0, 0.1) is 0 Å². The summed E-state index contributed by atoms with van der Waals surface area (Å²) in [6, 6.07) is 13.1. The molecule has 1 aromatic heterocycles. The molecule has 0 aliphatic carbocycles. The quantitative estimate of drug-likeness (QED) is 0.887. The van der Waals surface area contributed by atoms with Crippen molar-refractivity contribution in [1.29, 1.82) is 0 Å². The van der Waals surface area contributed by atoms with Crippen LogP contribution in [0.15, 0.2) is 53.1 Å². The van der Waals surface area contributed by atoms with E-state index in [4.69, 9.17) is 4.42 Å². The fourth-order valence-electron chi connectivity index (χ4n) is 3.07. The molecule has 24 heavy (non-hydrogen) atoms. The summed E-state index contributed by atoms with van der Waals surface area (Å²) >= 11 is 0. The van der Waals surface area contributed by atoms with Gasteiger partial charge in [-0.25, -0.2) is 0 Å². The van der Waals surface area contributed by atoms with E-state index >= 15 is 0 Å². The van der Waals surface area contributed by atoms with Crippen molar-refractivity contribution in [1.82, 2.24) is 10.2 Å². The molecule has 1 saturated heterocycles. The van der Waals surface area contributed by atoms with Gasteiger partial charge in [0.15, 0.2) is 0 Å². The molecule has 2 heterocycles. The summed E-state index contributed by atoms with van der Waals surface area (Å²) in [5, 5.41) is 2.94. The van der Waals surface area contributed by atoms with Crippen LogP contribution in [0.2, 0.25) is 0 Å². The Hall–Kier alpha value is -2.56. The highest BCUT2D eigenvalue weighted by molar-refractivity contribution is 5.88. The molecule has 2 amide bonds. The Morgan fingerprint density at radius 3 is 2.75 bits per heavy atom. The third-order valence-electron chi connectivity index (χ3n) is 4.35. The maximum absolute atomic E-state index is 12.4. The number of aryl methyl sites for hydroxylation is 1. The standard InChI is InChI=1S/C19H22N2O3/c22-18(11-10-16-8-5-13-24-16)21-12-4-9-17(21)19(23)20-14-15-6-2-1-3-7-15/h1-3,5-8,13,17H,4,9-12,14H2,(H,20,23)/t17-/m0/s1. The minimum Gasteiger partial charge on any atom is -0.469 e. The number of carbonyl (C=O) groups is 2. The predicted molar refractivity (Wildman–Crippen MR) is 90.1 cm³/mol. The topological polar surface area (TPSA) is 62.6 Å². The summed E-state index contributed by atoms with van der Waals surface area (Å²) in [4.78, 5) is 26.6. The Bertz CT molecular complexity index is 667. The second-order valence-electron chi connectivity index (χ2n) is 6.03. The van der Waals surface area contributed by atoms with Gasteiger partial charge in [0.2, 0.25) is 11.8 Å². The van der Waals surface area contributed by atoms with Crippen molar-refractivity contribution in [3.8, 4) is 0 Å². The predicted octanol–water partition coefficient (Wildman–Crippen LogP) is 2.52. The fourth-order valence-corrected chi connectivity index (χ4v) is 3.07. The maximum Gasteiger partial charge on any atom is 0.243 e. The summed E-state index contributed by atoms with van der Waals surface area (Å²) in [6.45, 7) is 1.14. The molecule has 5 nitrogen and oxygen atoms in total. The molecule has 1 atom stereocenters. The van der Waals surface area contributed by atoms with Crippen LogP contribution in [-0.4, -0.2) is 29.3 Å². The molecule has 5 heteroatoms. The van der Waals surface area contributed by atoms with E-state index in [0.717, 1.165) is 24.2 Å². The van der Waals surface area contributed by atoms with Gasteiger partial charge in [-0.2, -0.15) is 0 Å². The van der Waals surface area contributed by atoms with Gasteiger partial charge >= 0.3 is 0 Å². The Kier molecular flexibility index (Phi) is 5.31. The van der Waals surface area contributed by atoms with Crippen LogP contribution >= 0.6 is 0 Å². The molecule has 1 fully saturated rings. The van der Waals surface area contributed by atoms with Crippen LogP contribution in [0.5, 0.6) is 0 Å². The van der Waals surface area contributed by atoms with Gasteiger partial charge in [-0.1, -0.05) is 30.3 Å². The zero-order valence-electron chi connectivity index (χ0n) is 13.6. The third-order valence-corrected chi connectivity index (χ3v) is 4.35. The highest BCUT2D eigenvalue weighted by atomic mass is 16.3. The van der Waals surface area contributed by atoms with Gasteiger partial charge in [0.05, 0.1) is 6.26 Å². The Morgan fingerprint density at radius 2 is 2.00 bits per heavy atom. The second-order valence-corrected chi connectivity index (χ2v) is 6.03.